The number of carbonyl (C=O) groups is 2. The molecule has 172 valence electrons. The summed E-state index contributed by atoms with van der Waals surface area (Å²) < 4.78 is 3.34. The molecule has 1 aliphatic rings. The van der Waals surface area contributed by atoms with Crippen LogP contribution >= 0.6 is 11.3 Å². The molecule has 0 fully saturated rings. The number of hydrogen-bond acceptors (Lipinski definition) is 4. The smallest absolute Gasteiger partial charge is 0.258 e. The molecule has 0 atom stereocenters. The largest absolute Gasteiger partial charge is 0.343 e. The Bertz CT molecular complexity index is 1860. The summed E-state index contributed by atoms with van der Waals surface area (Å²) >= 11 is 1.68. The number of nitrogens with zero attached hydrogens (tertiary/aromatic N) is 2. The molecule has 7 rings (SSSR count). The fourth-order valence-electron chi connectivity index (χ4n) is 5.19. The van der Waals surface area contributed by atoms with Crippen molar-refractivity contribution >= 4 is 55.0 Å². The molecule has 0 saturated carbocycles. The van der Waals surface area contributed by atoms with Gasteiger partial charge >= 0.3 is 0 Å². The summed E-state index contributed by atoms with van der Waals surface area (Å²) in [6.45, 7) is 4.62. The van der Waals surface area contributed by atoms with Gasteiger partial charge in [0.25, 0.3) is 11.8 Å². The predicted octanol–water partition coefficient (Wildman–Crippen LogP) is 6.81. The van der Waals surface area contributed by atoms with Crippen molar-refractivity contribution in [1.29, 1.82) is 0 Å². The van der Waals surface area contributed by atoms with Crippen molar-refractivity contribution in [3.63, 3.8) is 0 Å². The van der Waals surface area contributed by atoms with E-state index < -0.39 is 0 Å². The zero-order chi connectivity index (χ0) is 24.4. The molecule has 3 heterocycles. The van der Waals surface area contributed by atoms with Crippen molar-refractivity contribution in [3.05, 3.63) is 103 Å². The van der Waals surface area contributed by atoms with Crippen LogP contribution in [0.25, 0.3) is 53.6 Å². The molecule has 1 aliphatic heterocycles. The number of rotatable bonds is 4. The van der Waals surface area contributed by atoms with E-state index in [1.54, 1.807) is 17.4 Å². The first-order chi connectivity index (χ1) is 17.6. The molecule has 0 unspecified atom stereocenters. The van der Waals surface area contributed by atoms with Gasteiger partial charge in [-0.3, -0.25) is 14.9 Å². The zero-order valence-corrected chi connectivity index (χ0v) is 19.9. The van der Waals surface area contributed by atoms with Gasteiger partial charge in [-0.2, -0.15) is 0 Å². The monoisotopic (exact) mass is 485 g/mol. The number of benzene rings is 4. The average Bonchev–Trinajstić information content (AvgIpc) is 3.48. The molecule has 2 amide bonds. The first-order valence-electron chi connectivity index (χ1n) is 11.6. The number of aromatic nitrogens is 2. The molecule has 6 heteroatoms. The SMILES string of the molecule is C=CCn1cc(-c2nc3ccccc3s2)c2cc(-c3ccc4c5c(cccc35)C(=O)NC4=O)ccc21. The Kier molecular flexibility index (Phi) is 4.46. The van der Waals surface area contributed by atoms with E-state index in [2.05, 4.69) is 46.9 Å². The van der Waals surface area contributed by atoms with Crippen molar-refractivity contribution in [2.45, 2.75) is 6.54 Å². The van der Waals surface area contributed by atoms with Crippen molar-refractivity contribution < 1.29 is 9.59 Å². The van der Waals surface area contributed by atoms with Crippen molar-refractivity contribution in [2.75, 3.05) is 0 Å². The third-order valence-corrected chi connectivity index (χ3v) is 7.87. The first-order valence-corrected chi connectivity index (χ1v) is 12.5. The van der Waals surface area contributed by atoms with Gasteiger partial charge in [0.05, 0.1) is 10.2 Å². The van der Waals surface area contributed by atoms with Crippen LogP contribution in [-0.4, -0.2) is 21.4 Å². The lowest BCUT2D eigenvalue weighted by atomic mass is 9.89. The number of para-hydroxylation sites is 1. The molecule has 1 N–H and O–H groups in total. The minimum absolute atomic E-state index is 0.356. The molecule has 5 nitrogen and oxygen atoms in total. The van der Waals surface area contributed by atoms with Crippen LogP contribution < -0.4 is 5.32 Å². The Hall–Kier alpha value is -4.55. The molecular weight excluding hydrogens is 466 g/mol. The van der Waals surface area contributed by atoms with E-state index in [0.717, 1.165) is 48.2 Å². The Labute approximate surface area is 210 Å². The third kappa shape index (κ3) is 2.98. The molecule has 36 heavy (non-hydrogen) atoms. The van der Waals surface area contributed by atoms with Crippen LogP contribution in [0.15, 0.2) is 91.6 Å². The van der Waals surface area contributed by atoms with Gasteiger partial charge < -0.3 is 4.57 Å². The standard InChI is InChI=1S/C30H19N3O2S/c1-2-14-33-16-23(30-31-24-8-3-4-9-26(24)36-30)22-15-17(10-13-25(22)33)18-11-12-21-27-19(18)6-5-7-20(27)28(34)32-29(21)35/h2-13,15-16H,1,14H2,(H,32,34,35). The lowest BCUT2D eigenvalue weighted by Crippen LogP contribution is -2.34. The number of nitrogens with one attached hydrogen (secondary N) is 1. The van der Waals surface area contributed by atoms with Crippen molar-refractivity contribution in [1.82, 2.24) is 14.9 Å². The number of thiazole rings is 1. The van der Waals surface area contributed by atoms with Gasteiger partial charge in [0.1, 0.15) is 5.01 Å². The molecule has 0 radical (unpaired) electrons. The maximum absolute atomic E-state index is 12.5. The number of allylic oxidation sites excluding steroid dienone is 1. The topological polar surface area (TPSA) is 64.0 Å². The van der Waals surface area contributed by atoms with Crippen LogP contribution in [0, 0.1) is 0 Å². The highest BCUT2D eigenvalue weighted by Gasteiger charge is 2.26. The zero-order valence-electron chi connectivity index (χ0n) is 19.1. The highest BCUT2D eigenvalue weighted by Crippen LogP contribution is 2.40. The van der Waals surface area contributed by atoms with Crippen LogP contribution in [-0.2, 0) is 6.54 Å². The number of amides is 2. The summed E-state index contributed by atoms with van der Waals surface area (Å²) in [4.78, 5) is 29.9. The molecule has 0 aliphatic carbocycles. The van der Waals surface area contributed by atoms with Gasteiger partial charge in [-0.05, 0) is 52.9 Å². The maximum Gasteiger partial charge on any atom is 0.258 e. The Morgan fingerprint density at radius 1 is 0.861 bits per heavy atom. The number of hydrogen-bond donors (Lipinski definition) is 1. The van der Waals surface area contributed by atoms with E-state index in [0.29, 0.717) is 23.1 Å². The molecule has 4 aromatic carbocycles. The van der Waals surface area contributed by atoms with Crippen molar-refractivity contribution in [2.24, 2.45) is 0 Å². The average molecular weight is 486 g/mol. The van der Waals surface area contributed by atoms with Crippen LogP contribution in [0.3, 0.4) is 0 Å². The van der Waals surface area contributed by atoms with Gasteiger partial charge in [0.15, 0.2) is 0 Å². The summed E-state index contributed by atoms with van der Waals surface area (Å²) in [6.07, 6.45) is 4.04. The molecule has 0 spiro atoms. The molecule has 0 saturated heterocycles. The number of imide groups is 1. The van der Waals surface area contributed by atoms with E-state index >= 15 is 0 Å². The van der Waals surface area contributed by atoms with Crippen LogP contribution in [0.4, 0.5) is 0 Å². The summed E-state index contributed by atoms with van der Waals surface area (Å²) in [5, 5.41) is 6.10. The van der Waals surface area contributed by atoms with E-state index in [-0.39, 0.29) is 11.8 Å². The molecule has 6 aromatic rings. The fourth-order valence-corrected chi connectivity index (χ4v) is 6.18. The number of fused-ring (bicyclic) bond motifs is 2. The summed E-state index contributed by atoms with van der Waals surface area (Å²) in [5.41, 5.74) is 6.21. The minimum Gasteiger partial charge on any atom is -0.343 e. The molecule has 2 aromatic heterocycles. The highest BCUT2D eigenvalue weighted by molar-refractivity contribution is 7.21. The van der Waals surface area contributed by atoms with Gasteiger partial charge in [0, 0.05) is 45.7 Å². The van der Waals surface area contributed by atoms with Crippen LogP contribution in [0.2, 0.25) is 0 Å². The number of carbonyl (C=O) groups excluding carboxylic acids is 2. The maximum atomic E-state index is 12.5. The van der Waals surface area contributed by atoms with Gasteiger partial charge in [-0.25, -0.2) is 4.98 Å². The Morgan fingerprint density at radius 2 is 1.67 bits per heavy atom. The quantitative estimate of drug-likeness (QED) is 0.220. The first kappa shape index (κ1) is 20.8. The highest BCUT2D eigenvalue weighted by atomic mass is 32.1. The van der Waals surface area contributed by atoms with Gasteiger partial charge in [-0.15, -0.1) is 17.9 Å². The summed E-state index contributed by atoms with van der Waals surface area (Å²) in [7, 11) is 0. The lowest BCUT2D eigenvalue weighted by Gasteiger charge is -2.18. The van der Waals surface area contributed by atoms with Crippen LogP contribution in [0.1, 0.15) is 20.7 Å². The van der Waals surface area contributed by atoms with Crippen molar-refractivity contribution in [3.8, 4) is 21.7 Å². The normalized spacial score (nSPS) is 13.0. The van der Waals surface area contributed by atoms with E-state index in [9.17, 15) is 9.59 Å². The molecule has 0 bridgehead atoms. The van der Waals surface area contributed by atoms with E-state index in [1.807, 2.05) is 48.5 Å². The lowest BCUT2D eigenvalue weighted by molar-refractivity contribution is 0.0845. The second-order valence-corrected chi connectivity index (χ2v) is 9.91. The molecular formula is C30H19N3O2S. The van der Waals surface area contributed by atoms with Crippen LogP contribution in [0.5, 0.6) is 0 Å². The Morgan fingerprint density at radius 3 is 2.50 bits per heavy atom. The van der Waals surface area contributed by atoms with Gasteiger partial charge in [0.2, 0.25) is 0 Å². The summed E-state index contributed by atoms with van der Waals surface area (Å²) in [5.74, 6) is -0.712. The minimum atomic E-state index is -0.356. The van der Waals surface area contributed by atoms with Gasteiger partial charge in [-0.1, -0.05) is 42.5 Å². The Balaban J connectivity index is 1.48. The predicted molar refractivity (Wildman–Crippen MR) is 145 cm³/mol. The second kappa shape index (κ2) is 7.73. The summed E-state index contributed by atoms with van der Waals surface area (Å²) in [6, 6.07) is 24.0. The van der Waals surface area contributed by atoms with E-state index in [1.165, 1.54) is 0 Å². The van der Waals surface area contributed by atoms with E-state index in [4.69, 9.17) is 4.98 Å². The second-order valence-electron chi connectivity index (χ2n) is 8.87. The third-order valence-electron chi connectivity index (χ3n) is 6.80. The fraction of sp³-hybridized carbons (Fsp3) is 0.0333.